The zero-order valence-corrected chi connectivity index (χ0v) is 11.6. The monoisotopic (exact) mass is 290 g/mol. The van der Waals surface area contributed by atoms with Gasteiger partial charge in [0.15, 0.2) is 0 Å². The predicted molar refractivity (Wildman–Crippen MR) is 69.3 cm³/mol. The van der Waals surface area contributed by atoms with E-state index in [2.05, 4.69) is 9.71 Å². The van der Waals surface area contributed by atoms with E-state index in [0.717, 1.165) is 31.9 Å². The summed E-state index contributed by atoms with van der Waals surface area (Å²) in [5, 5.41) is -0.130. The standard InChI is InChI=1S/C11H15ClN2O3S/c1-11(4-2-3-5-11)14-18(16,17)8-6-9(12)10(15)13-7-8/h6-7,14H,2-5H2,1H3,(H,13,15). The van der Waals surface area contributed by atoms with Gasteiger partial charge in [0.2, 0.25) is 10.0 Å². The Morgan fingerprint density at radius 2 is 2.00 bits per heavy atom. The van der Waals surface area contributed by atoms with Gasteiger partial charge < -0.3 is 4.98 Å². The Morgan fingerprint density at radius 1 is 1.39 bits per heavy atom. The number of pyridine rings is 1. The van der Waals surface area contributed by atoms with Gasteiger partial charge in [-0.05, 0) is 25.8 Å². The Kier molecular flexibility index (Phi) is 3.53. The summed E-state index contributed by atoms with van der Waals surface area (Å²) in [6.07, 6.45) is 4.85. The third-order valence-electron chi connectivity index (χ3n) is 3.23. The molecule has 0 spiro atoms. The Labute approximate surface area is 111 Å². The first-order valence-corrected chi connectivity index (χ1v) is 7.61. The van der Waals surface area contributed by atoms with Crippen LogP contribution in [0.5, 0.6) is 0 Å². The number of nitrogens with one attached hydrogen (secondary N) is 2. The van der Waals surface area contributed by atoms with Crippen molar-refractivity contribution in [3.8, 4) is 0 Å². The lowest BCUT2D eigenvalue weighted by Gasteiger charge is -2.24. The Balaban J connectivity index is 2.30. The molecule has 7 heteroatoms. The van der Waals surface area contributed by atoms with Crippen LogP contribution in [0.4, 0.5) is 0 Å². The van der Waals surface area contributed by atoms with Crippen LogP contribution in [0.15, 0.2) is 22.0 Å². The first kappa shape index (κ1) is 13.6. The lowest BCUT2D eigenvalue weighted by Crippen LogP contribution is -2.43. The SMILES string of the molecule is CC1(NS(=O)(=O)c2c[nH]c(=O)c(Cl)c2)CCCC1. The molecule has 2 N–H and O–H groups in total. The summed E-state index contributed by atoms with van der Waals surface area (Å²) < 4.78 is 27.0. The molecule has 18 heavy (non-hydrogen) atoms. The Hall–Kier alpha value is -0.850. The highest BCUT2D eigenvalue weighted by molar-refractivity contribution is 7.89. The summed E-state index contributed by atoms with van der Waals surface area (Å²) in [6, 6.07) is 1.17. The van der Waals surface area contributed by atoms with Crippen LogP contribution >= 0.6 is 11.6 Å². The van der Waals surface area contributed by atoms with Gasteiger partial charge in [-0.2, -0.15) is 0 Å². The maximum Gasteiger partial charge on any atom is 0.266 e. The molecule has 1 heterocycles. The summed E-state index contributed by atoms with van der Waals surface area (Å²) in [6.45, 7) is 1.89. The molecule has 0 bridgehead atoms. The zero-order chi connectivity index (χ0) is 13.4. The maximum absolute atomic E-state index is 12.2. The Morgan fingerprint density at radius 3 is 2.56 bits per heavy atom. The fourth-order valence-electron chi connectivity index (χ4n) is 2.23. The molecule has 0 amide bonds. The van der Waals surface area contributed by atoms with Gasteiger partial charge in [0.25, 0.3) is 5.56 Å². The summed E-state index contributed by atoms with van der Waals surface area (Å²) >= 11 is 5.64. The van der Waals surface area contributed by atoms with E-state index in [0.29, 0.717) is 0 Å². The number of aromatic nitrogens is 1. The largest absolute Gasteiger partial charge is 0.326 e. The quantitative estimate of drug-likeness (QED) is 0.888. The summed E-state index contributed by atoms with van der Waals surface area (Å²) in [5.74, 6) is 0. The molecule has 0 atom stereocenters. The molecular weight excluding hydrogens is 276 g/mol. The van der Waals surface area contributed by atoms with Crippen LogP contribution in [-0.4, -0.2) is 18.9 Å². The molecule has 1 fully saturated rings. The number of hydrogen-bond acceptors (Lipinski definition) is 3. The van der Waals surface area contributed by atoms with Crippen molar-refractivity contribution in [2.24, 2.45) is 0 Å². The van der Waals surface area contributed by atoms with E-state index in [1.165, 1.54) is 6.07 Å². The van der Waals surface area contributed by atoms with Crippen LogP contribution in [-0.2, 0) is 10.0 Å². The highest BCUT2D eigenvalue weighted by Gasteiger charge is 2.33. The van der Waals surface area contributed by atoms with Crippen molar-refractivity contribution in [2.75, 3.05) is 0 Å². The van der Waals surface area contributed by atoms with Crippen molar-refractivity contribution >= 4 is 21.6 Å². The first-order chi connectivity index (χ1) is 8.32. The van der Waals surface area contributed by atoms with E-state index >= 15 is 0 Å². The second kappa shape index (κ2) is 4.68. The van der Waals surface area contributed by atoms with E-state index in [9.17, 15) is 13.2 Å². The molecule has 1 aromatic rings. The number of rotatable bonds is 3. The smallest absolute Gasteiger partial charge is 0.266 e. The minimum Gasteiger partial charge on any atom is -0.326 e. The minimum atomic E-state index is -3.65. The van der Waals surface area contributed by atoms with Crippen LogP contribution < -0.4 is 10.3 Å². The van der Waals surface area contributed by atoms with Gasteiger partial charge in [-0.15, -0.1) is 0 Å². The lowest BCUT2D eigenvalue weighted by atomic mass is 10.0. The molecule has 1 aromatic heterocycles. The molecule has 0 unspecified atom stereocenters. The van der Waals surface area contributed by atoms with E-state index in [1.54, 1.807) is 0 Å². The second-order valence-corrected chi connectivity index (χ2v) is 6.98. The van der Waals surface area contributed by atoms with Crippen molar-refractivity contribution in [3.05, 3.63) is 27.6 Å². The number of halogens is 1. The van der Waals surface area contributed by atoms with Crippen LogP contribution in [0.2, 0.25) is 5.02 Å². The van der Waals surface area contributed by atoms with Crippen molar-refractivity contribution in [3.63, 3.8) is 0 Å². The van der Waals surface area contributed by atoms with Crippen LogP contribution in [0.1, 0.15) is 32.6 Å². The third kappa shape index (κ3) is 2.76. The fraction of sp³-hybridized carbons (Fsp3) is 0.545. The van der Waals surface area contributed by atoms with E-state index in [-0.39, 0.29) is 9.92 Å². The van der Waals surface area contributed by atoms with Crippen LogP contribution in [0.3, 0.4) is 0 Å². The van der Waals surface area contributed by atoms with Gasteiger partial charge in [0.1, 0.15) is 5.02 Å². The van der Waals surface area contributed by atoms with Gasteiger partial charge >= 0.3 is 0 Å². The third-order valence-corrected chi connectivity index (χ3v) is 5.13. The van der Waals surface area contributed by atoms with Crippen molar-refractivity contribution in [1.29, 1.82) is 0 Å². The summed E-state index contributed by atoms with van der Waals surface area (Å²) in [5.41, 5.74) is -0.899. The average Bonchev–Trinajstić information content (AvgIpc) is 2.67. The molecule has 100 valence electrons. The topological polar surface area (TPSA) is 79.0 Å². The van der Waals surface area contributed by atoms with Gasteiger partial charge in [-0.1, -0.05) is 24.4 Å². The van der Waals surface area contributed by atoms with E-state index in [4.69, 9.17) is 11.6 Å². The Bertz CT molecular complexity index is 603. The molecule has 1 aliphatic rings. The molecule has 0 aliphatic heterocycles. The molecule has 0 saturated heterocycles. The number of H-pyrrole nitrogens is 1. The van der Waals surface area contributed by atoms with Crippen molar-refractivity contribution in [2.45, 2.75) is 43.0 Å². The van der Waals surface area contributed by atoms with E-state index < -0.39 is 21.1 Å². The van der Waals surface area contributed by atoms with Crippen LogP contribution in [0.25, 0.3) is 0 Å². The first-order valence-electron chi connectivity index (χ1n) is 5.75. The van der Waals surface area contributed by atoms with Crippen LogP contribution in [0, 0.1) is 0 Å². The summed E-state index contributed by atoms with van der Waals surface area (Å²) in [4.78, 5) is 13.4. The molecule has 0 aromatic carbocycles. The molecule has 0 radical (unpaired) electrons. The van der Waals surface area contributed by atoms with Gasteiger partial charge in [0, 0.05) is 11.7 Å². The predicted octanol–water partition coefficient (Wildman–Crippen LogP) is 1.64. The molecule has 2 rings (SSSR count). The number of sulfonamides is 1. The highest BCUT2D eigenvalue weighted by Crippen LogP contribution is 2.30. The van der Waals surface area contributed by atoms with Gasteiger partial charge in [-0.25, -0.2) is 13.1 Å². The number of hydrogen-bond donors (Lipinski definition) is 2. The minimum absolute atomic E-state index is 0.0137. The van der Waals surface area contributed by atoms with Crippen molar-refractivity contribution in [1.82, 2.24) is 9.71 Å². The molecule has 1 saturated carbocycles. The lowest BCUT2D eigenvalue weighted by molar-refractivity contribution is 0.427. The molecule has 1 aliphatic carbocycles. The normalized spacial score (nSPS) is 19.0. The van der Waals surface area contributed by atoms with E-state index in [1.807, 2.05) is 6.92 Å². The maximum atomic E-state index is 12.2. The highest BCUT2D eigenvalue weighted by atomic mass is 35.5. The fourth-order valence-corrected chi connectivity index (χ4v) is 3.93. The second-order valence-electron chi connectivity index (χ2n) is 4.89. The van der Waals surface area contributed by atoms with Crippen molar-refractivity contribution < 1.29 is 8.42 Å². The molecular formula is C11H15ClN2O3S. The number of aromatic amines is 1. The summed E-state index contributed by atoms with van der Waals surface area (Å²) in [7, 11) is -3.65. The van der Waals surface area contributed by atoms with Gasteiger partial charge in [0.05, 0.1) is 4.90 Å². The molecule has 5 nitrogen and oxygen atoms in total. The average molecular weight is 291 g/mol. The zero-order valence-electron chi connectivity index (χ0n) is 9.99. The van der Waals surface area contributed by atoms with Gasteiger partial charge in [-0.3, -0.25) is 4.79 Å².